The summed E-state index contributed by atoms with van der Waals surface area (Å²) in [7, 11) is 0. The van der Waals surface area contributed by atoms with Crippen LogP contribution in [0.5, 0.6) is 0 Å². The Balaban J connectivity index is -0.000000128. The van der Waals surface area contributed by atoms with Gasteiger partial charge in [-0.3, -0.25) is 9.59 Å². The zero-order valence-corrected chi connectivity index (χ0v) is 22.4. The van der Waals surface area contributed by atoms with Crippen molar-refractivity contribution in [1.82, 2.24) is 0 Å². The molecule has 0 saturated carbocycles. The van der Waals surface area contributed by atoms with Crippen LogP contribution in [0.3, 0.4) is 0 Å². The normalized spacial score (nSPS) is 12.0. The topological polar surface area (TPSA) is 155 Å². The summed E-state index contributed by atoms with van der Waals surface area (Å²) in [6.07, 6.45) is -10.8. The van der Waals surface area contributed by atoms with E-state index in [2.05, 4.69) is 0 Å². The molecule has 15 heteroatoms. The monoisotopic (exact) mass is 604 g/mol. The zero-order valence-electron chi connectivity index (χ0n) is 19.9. The van der Waals surface area contributed by atoms with Gasteiger partial charge in [0.15, 0.2) is 11.6 Å². The number of carbonyl (C=O) groups excluding carboxylic acids is 4. The average molecular weight is 606 g/mol. The number of alkyl halides is 6. The summed E-state index contributed by atoms with van der Waals surface area (Å²) in [5.41, 5.74) is 0. The fourth-order valence-corrected chi connectivity index (χ4v) is 1.81. The number of carbonyl (C=O) groups is 4. The molecule has 0 aromatic heterocycles. The Labute approximate surface area is 219 Å². The van der Waals surface area contributed by atoms with Crippen LogP contribution in [0.2, 0.25) is 0 Å². The summed E-state index contributed by atoms with van der Waals surface area (Å²) in [6, 6.07) is 0. The molecular formula is C20H32F6O8Zr. The second kappa shape index (κ2) is 24.4. The number of aliphatic hydroxyl groups is 2. The van der Waals surface area contributed by atoms with Crippen molar-refractivity contribution in [3.8, 4) is 0 Å². The molecule has 0 radical (unpaired) electrons. The molecule has 0 amide bonds. The zero-order chi connectivity index (χ0) is 28.1. The van der Waals surface area contributed by atoms with E-state index in [1.54, 1.807) is 0 Å². The van der Waals surface area contributed by atoms with Crippen molar-refractivity contribution < 1.29 is 92.2 Å². The van der Waals surface area contributed by atoms with Gasteiger partial charge in [-0.25, -0.2) is 0 Å². The van der Waals surface area contributed by atoms with Crippen LogP contribution in [0.15, 0.2) is 0 Å². The Morgan fingerprint density at radius 1 is 0.657 bits per heavy atom. The Morgan fingerprint density at radius 3 is 0.943 bits per heavy atom. The first-order valence-electron chi connectivity index (χ1n) is 10.2. The number of ketones is 2. The first-order chi connectivity index (χ1) is 15.4. The molecule has 0 aromatic rings. The van der Waals surface area contributed by atoms with Crippen molar-refractivity contribution >= 4 is 23.5 Å². The number of aliphatic hydroxyl groups excluding tert-OH is 2. The van der Waals surface area contributed by atoms with Crippen LogP contribution in [0, 0.1) is 11.8 Å². The number of halogens is 6. The van der Waals surface area contributed by atoms with E-state index >= 15 is 0 Å². The van der Waals surface area contributed by atoms with Crippen molar-refractivity contribution in [2.24, 2.45) is 11.8 Å². The van der Waals surface area contributed by atoms with Crippen molar-refractivity contribution in [2.45, 2.75) is 78.6 Å². The predicted molar refractivity (Wildman–Crippen MR) is 104 cm³/mol. The molecule has 0 spiro atoms. The smallest absolute Gasteiger partial charge is 0.550 e. The summed E-state index contributed by atoms with van der Waals surface area (Å²) in [5.74, 6) is -10.7. The van der Waals surface area contributed by atoms with Gasteiger partial charge in [0.25, 0.3) is 0 Å². The molecule has 8 nitrogen and oxygen atoms in total. The number of hydrogen-bond acceptors (Lipinski definition) is 8. The molecule has 0 aliphatic rings. The minimum atomic E-state index is -4.67. The molecule has 0 fully saturated rings. The summed E-state index contributed by atoms with van der Waals surface area (Å²) in [5, 5.41) is 35.5. The van der Waals surface area contributed by atoms with E-state index in [0.29, 0.717) is 13.2 Å². The largest absolute Gasteiger partial charge is 2.00 e. The van der Waals surface area contributed by atoms with Gasteiger partial charge in [-0.1, -0.05) is 27.7 Å². The van der Waals surface area contributed by atoms with Crippen molar-refractivity contribution in [2.75, 3.05) is 13.2 Å². The minimum absolute atomic E-state index is 0. The molecular weight excluding hydrogens is 573 g/mol. The number of rotatable bonds is 10. The van der Waals surface area contributed by atoms with E-state index in [9.17, 15) is 55.7 Å². The van der Waals surface area contributed by atoms with Gasteiger partial charge in [0.2, 0.25) is 0 Å². The summed E-state index contributed by atoms with van der Waals surface area (Å²) in [4.78, 5) is 41.1. The molecule has 0 rings (SSSR count). The predicted octanol–water partition coefficient (Wildman–Crippen LogP) is 1.34. The second-order valence-corrected chi connectivity index (χ2v) is 6.48. The standard InChI is InChI=1S/2C7H9F3O3.2C3H8O.Zr/c2*1-2-4(7(8,9)10)5(11)3-6(12)13;2*1-2-3-4;/h2*4H,2-3H2,1H3,(H,12,13);2*4H,2-3H2,1H3;/q;;;;+2/p-2. The number of hydrogen-bond donors (Lipinski definition) is 2. The summed E-state index contributed by atoms with van der Waals surface area (Å²) in [6.45, 7) is 6.84. The Kier molecular flexibility index (Phi) is 30.4. The molecule has 0 aromatic carbocycles. The van der Waals surface area contributed by atoms with Gasteiger partial charge in [0.1, 0.15) is 11.8 Å². The molecule has 2 unspecified atom stereocenters. The van der Waals surface area contributed by atoms with Gasteiger partial charge in [0.05, 0.1) is 0 Å². The SMILES string of the molecule is CCC(C(=O)CC(=O)[O-])C(F)(F)F.CCC(C(=O)CC(=O)[O-])C(F)(F)F.CCCO.CCCO.[Zr+2]. The second-order valence-electron chi connectivity index (χ2n) is 6.48. The van der Waals surface area contributed by atoms with Crippen molar-refractivity contribution in [3.63, 3.8) is 0 Å². The quantitative estimate of drug-likeness (QED) is 0.279. The Bertz CT molecular complexity index is 529. The van der Waals surface area contributed by atoms with Gasteiger partial charge < -0.3 is 30.0 Å². The molecule has 0 heterocycles. The molecule has 35 heavy (non-hydrogen) atoms. The fourth-order valence-electron chi connectivity index (χ4n) is 1.81. The van der Waals surface area contributed by atoms with Crippen LogP contribution in [-0.4, -0.2) is 59.3 Å². The Morgan fingerprint density at radius 2 is 0.857 bits per heavy atom. The third kappa shape index (κ3) is 28.8. The maximum Gasteiger partial charge on any atom is 2.00 e. The summed E-state index contributed by atoms with van der Waals surface area (Å²) >= 11 is 0. The molecule has 0 aliphatic carbocycles. The van der Waals surface area contributed by atoms with E-state index < -0.39 is 73.4 Å². The molecule has 0 bridgehead atoms. The van der Waals surface area contributed by atoms with Crippen LogP contribution in [0.1, 0.15) is 66.2 Å². The van der Waals surface area contributed by atoms with Gasteiger partial charge in [-0.2, -0.15) is 26.3 Å². The van der Waals surface area contributed by atoms with Crippen molar-refractivity contribution in [1.29, 1.82) is 0 Å². The van der Waals surface area contributed by atoms with Gasteiger partial charge in [0, 0.05) is 38.0 Å². The average Bonchev–Trinajstić information content (AvgIpc) is 2.66. The van der Waals surface area contributed by atoms with Crippen LogP contribution >= 0.6 is 0 Å². The fraction of sp³-hybridized carbons (Fsp3) is 0.800. The first-order valence-corrected chi connectivity index (χ1v) is 10.2. The van der Waals surface area contributed by atoms with Gasteiger partial charge in [-0.15, -0.1) is 0 Å². The first kappa shape index (κ1) is 43.7. The number of aliphatic carboxylic acids is 2. The maximum atomic E-state index is 12.0. The third-order valence-corrected chi connectivity index (χ3v) is 3.47. The minimum Gasteiger partial charge on any atom is -0.550 e. The van der Waals surface area contributed by atoms with Gasteiger partial charge >= 0.3 is 38.6 Å². The van der Waals surface area contributed by atoms with Crippen LogP contribution in [-0.2, 0) is 45.4 Å². The third-order valence-electron chi connectivity index (χ3n) is 3.47. The van der Waals surface area contributed by atoms with E-state index in [-0.39, 0.29) is 26.2 Å². The molecule has 206 valence electrons. The van der Waals surface area contributed by atoms with Crippen molar-refractivity contribution in [3.05, 3.63) is 0 Å². The summed E-state index contributed by atoms with van der Waals surface area (Å²) < 4.78 is 71.9. The molecule has 0 aliphatic heterocycles. The van der Waals surface area contributed by atoms with Crippen LogP contribution in [0.25, 0.3) is 0 Å². The molecule has 2 atom stereocenters. The number of Topliss-reactive ketones (excluding diaryl/α,β-unsaturated/α-hetero) is 2. The number of carboxylic acid groups (broad SMARTS) is 2. The molecule has 2 N–H and O–H groups in total. The number of carboxylic acids is 2. The van der Waals surface area contributed by atoms with E-state index in [4.69, 9.17) is 10.2 Å². The van der Waals surface area contributed by atoms with E-state index in [0.717, 1.165) is 12.8 Å². The van der Waals surface area contributed by atoms with Crippen LogP contribution < -0.4 is 10.2 Å². The maximum absolute atomic E-state index is 12.0. The molecule has 0 saturated heterocycles. The van der Waals surface area contributed by atoms with E-state index in [1.807, 2.05) is 13.8 Å². The Hall–Kier alpha value is -1.34. The van der Waals surface area contributed by atoms with E-state index in [1.165, 1.54) is 13.8 Å². The van der Waals surface area contributed by atoms with Gasteiger partial charge in [-0.05, 0) is 25.7 Å². The van der Waals surface area contributed by atoms with Crippen LogP contribution in [0.4, 0.5) is 26.3 Å².